The van der Waals surface area contributed by atoms with Gasteiger partial charge in [-0.2, -0.15) is 0 Å². The second-order valence-corrected chi connectivity index (χ2v) is 6.50. The molecule has 102 valence electrons. The van der Waals surface area contributed by atoms with Crippen molar-refractivity contribution in [1.82, 2.24) is 9.97 Å². The Morgan fingerprint density at radius 1 is 1.37 bits per heavy atom. The molecule has 0 saturated carbocycles. The van der Waals surface area contributed by atoms with E-state index in [4.69, 9.17) is 0 Å². The van der Waals surface area contributed by atoms with Crippen LogP contribution >= 0.6 is 27.3 Å². The quantitative estimate of drug-likeness (QED) is 0.753. The van der Waals surface area contributed by atoms with E-state index in [0.29, 0.717) is 5.92 Å². The fourth-order valence-electron chi connectivity index (χ4n) is 1.79. The van der Waals surface area contributed by atoms with Crippen LogP contribution in [-0.4, -0.2) is 16.5 Å². The molecule has 2 aromatic heterocycles. The highest BCUT2D eigenvalue weighted by Crippen LogP contribution is 2.22. The van der Waals surface area contributed by atoms with Crippen LogP contribution in [-0.2, 0) is 6.54 Å². The molecule has 2 heterocycles. The molecule has 19 heavy (non-hydrogen) atoms. The lowest BCUT2D eigenvalue weighted by molar-refractivity contribution is 0.745. The molecule has 0 aliphatic carbocycles. The van der Waals surface area contributed by atoms with E-state index in [1.807, 2.05) is 6.07 Å². The monoisotopic (exact) mass is 339 g/mol. The normalized spacial score (nSPS) is 11.0. The van der Waals surface area contributed by atoms with E-state index in [9.17, 15) is 0 Å². The number of nitrogens with zero attached hydrogens (tertiary/aromatic N) is 3. The molecule has 0 aliphatic heterocycles. The first kappa shape index (κ1) is 14.5. The van der Waals surface area contributed by atoms with Gasteiger partial charge in [0.1, 0.15) is 16.2 Å². The first-order chi connectivity index (χ1) is 9.10. The van der Waals surface area contributed by atoms with Crippen LogP contribution in [0.2, 0.25) is 0 Å². The Balaban J connectivity index is 2.27. The van der Waals surface area contributed by atoms with Crippen molar-refractivity contribution in [3.05, 3.63) is 38.9 Å². The van der Waals surface area contributed by atoms with E-state index in [1.165, 1.54) is 4.88 Å². The standard InChI is InChI=1S/C14H18BrN3S/c1-4-18(9-11-6-5-7-19-11)13-8-12(15)16-14(17-13)10(2)3/h5-8,10H,4,9H2,1-3H3. The lowest BCUT2D eigenvalue weighted by Crippen LogP contribution is -2.23. The average molecular weight is 340 g/mol. The number of aromatic nitrogens is 2. The summed E-state index contributed by atoms with van der Waals surface area (Å²) in [6, 6.07) is 6.24. The van der Waals surface area contributed by atoms with Crippen LogP contribution < -0.4 is 4.90 Å². The molecule has 0 saturated heterocycles. The SMILES string of the molecule is CCN(Cc1cccs1)c1cc(Br)nc(C(C)C)n1. The predicted molar refractivity (Wildman–Crippen MR) is 84.9 cm³/mol. The predicted octanol–water partition coefficient (Wildman–Crippen LogP) is 4.45. The number of thiophene rings is 1. The molecule has 2 rings (SSSR count). The van der Waals surface area contributed by atoms with Gasteiger partial charge < -0.3 is 4.90 Å². The van der Waals surface area contributed by atoms with Crippen LogP contribution in [0.25, 0.3) is 0 Å². The molecule has 2 aromatic rings. The summed E-state index contributed by atoms with van der Waals surface area (Å²) in [6.45, 7) is 8.20. The molecule has 0 aliphatic rings. The van der Waals surface area contributed by atoms with Crippen molar-refractivity contribution in [3.8, 4) is 0 Å². The van der Waals surface area contributed by atoms with Crippen molar-refractivity contribution in [3.63, 3.8) is 0 Å². The molecular weight excluding hydrogens is 322 g/mol. The molecule has 3 nitrogen and oxygen atoms in total. The first-order valence-electron chi connectivity index (χ1n) is 6.42. The third-order valence-electron chi connectivity index (χ3n) is 2.85. The third-order valence-corrected chi connectivity index (χ3v) is 4.11. The Bertz CT molecular complexity index is 525. The zero-order valence-electron chi connectivity index (χ0n) is 11.4. The Labute approximate surface area is 126 Å². The van der Waals surface area contributed by atoms with Crippen molar-refractivity contribution in [2.45, 2.75) is 33.2 Å². The second kappa shape index (κ2) is 6.48. The molecule has 5 heteroatoms. The van der Waals surface area contributed by atoms with Gasteiger partial charge in [-0.05, 0) is 34.3 Å². The largest absolute Gasteiger partial charge is 0.352 e. The maximum Gasteiger partial charge on any atom is 0.134 e. The van der Waals surface area contributed by atoms with Gasteiger partial charge in [-0.25, -0.2) is 9.97 Å². The Morgan fingerprint density at radius 3 is 2.74 bits per heavy atom. The Kier molecular flexibility index (Phi) is 4.93. The summed E-state index contributed by atoms with van der Waals surface area (Å²) in [7, 11) is 0. The van der Waals surface area contributed by atoms with Gasteiger partial charge in [-0.3, -0.25) is 0 Å². The van der Waals surface area contributed by atoms with Crippen LogP contribution in [0, 0.1) is 0 Å². The van der Waals surface area contributed by atoms with Gasteiger partial charge in [0.2, 0.25) is 0 Å². The maximum absolute atomic E-state index is 4.67. The minimum absolute atomic E-state index is 0.330. The molecular formula is C14H18BrN3S. The molecule has 0 radical (unpaired) electrons. The van der Waals surface area contributed by atoms with Crippen molar-refractivity contribution in [2.75, 3.05) is 11.4 Å². The lowest BCUT2D eigenvalue weighted by Gasteiger charge is -2.22. The molecule has 0 amide bonds. The molecule has 0 bridgehead atoms. The molecule has 0 spiro atoms. The van der Waals surface area contributed by atoms with Crippen LogP contribution in [0.3, 0.4) is 0 Å². The highest BCUT2D eigenvalue weighted by atomic mass is 79.9. The van der Waals surface area contributed by atoms with E-state index < -0.39 is 0 Å². The molecule has 0 unspecified atom stereocenters. The number of hydrogen-bond acceptors (Lipinski definition) is 4. The summed E-state index contributed by atoms with van der Waals surface area (Å²) in [6.07, 6.45) is 0. The van der Waals surface area contributed by atoms with Crippen molar-refractivity contribution in [2.24, 2.45) is 0 Å². The Hall–Kier alpha value is -0.940. The zero-order valence-corrected chi connectivity index (χ0v) is 13.8. The smallest absolute Gasteiger partial charge is 0.134 e. The summed E-state index contributed by atoms with van der Waals surface area (Å²) < 4.78 is 0.853. The van der Waals surface area contributed by atoms with Crippen LogP contribution in [0.1, 0.15) is 37.4 Å². The zero-order chi connectivity index (χ0) is 13.8. The van der Waals surface area contributed by atoms with Gasteiger partial charge in [0.15, 0.2) is 0 Å². The summed E-state index contributed by atoms with van der Waals surface area (Å²) in [5.41, 5.74) is 0. The van der Waals surface area contributed by atoms with Crippen LogP contribution in [0.4, 0.5) is 5.82 Å². The van der Waals surface area contributed by atoms with E-state index >= 15 is 0 Å². The van der Waals surface area contributed by atoms with Gasteiger partial charge in [-0.15, -0.1) is 11.3 Å². The van der Waals surface area contributed by atoms with Gasteiger partial charge >= 0.3 is 0 Å². The number of anilines is 1. The lowest BCUT2D eigenvalue weighted by atomic mass is 10.2. The number of halogens is 1. The van der Waals surface area contributed by atoms with E-state index in [2.05, 4.69) is 69.1 Å². The summed E-state index contributed by atoms with van der Waals surface area (Å²) in [5.74, 6) is 2.20. The van der Waals surface area contributed by atoms with Crippen molar-refractivity contribution in [1.29, 1.82) is 0 Å². The number of hydrogen-bond donors (Lipinski definition) is 0. The van der Waals surface area contributed by atoms with E-state index in [0.717, 1.165) is 29.3 Å². The summed E-state index contributed by atoms with van der Waals surface area (Å²) in [5, 5.41) is 2.11. The van der Waals surface area contributed by atoms with Crippen molar-refractivity contribution >= 4 is 33.1 Å². The molecule has 0 aromatic carbocycles. The van der Waals surface area contributed by atoms with E-state index in [1.54, 1.807) is 11.3 Å². The number of rotatable bonds is 5. The van der Waals surface area contributed by atoms with Gasteiger partial charge in [-0.1, -0.05) is 19.9 Å². The van der Waals surface area contributed by atoms with Gasteiger partial charge in [0.25, 0.3) is 0 Å². The van der Waals surface area contributed by atoms with E-state index in [-0.39, 0.29) is 0 Å². The average Bonchev–Trinajstić information content (AvgIpc) is 2.88. The molecule has 0 fully saturated rings. The highest BCUT2D eigenvalue weighted by molar-refractivity contribution is 9.10. The first-order valence-corrected chi connectivity index (χ1v) is 8.09. The Morgan fingerprint density at radius 2 is 2.16 bits per heavy atom. The molecule has 0 N–H and O–H groups in total. The van der Waals surface area contributed by atoms with Gasteiger partial charge in [0.05, 0.1) is 6.54 Å². The fourth-order valence-corrected chi connectivity index (χ4v) is 2.89. The highest BCUT2D eigenvalue weighted by Gasteiger charge is 2.12. The fraction of sp³-hybridized carbons (Fsp3) is 0.429. The molecule has 0 atom stereocenters. The van der Waals surface area contributed by atoms with Crippen LogP contribution in [0.15, 0.2) is 28.2 Å². The summed E-state index contributed by atoms with van der Waals surface area (Å²) in [4.78, 5) is 12.7. The maximum atomic E-state index is 4.67. The topological polar surface area (TPSA) is 29.0 Å². The van der Waals surface area contributed by atoms with Crippen molar-refractivity contribution < 1.29 is 0 Å². The van der Waals surface area contributed by atoms with Crippen LogP contribution in [0.5, 0.6) is 0 Å². The minimum atomic E-state index is 0.330. The summed E-state index contributed by atoms with van der Waals surface area (Å²) >= 11 is 5.26. The van der Waals surface area contributed by atoms with Gasteiger partial charge in [0, 0.05) is 23.4 Å². The minimum Gasteiger partial charge on any atom is -0.352 e. The third kappa shape index (κ3) is 3.76. The second-order valence-electron chi connectivity index (χ2n) is 4.66.